The fourth-order valence-electron chi connectivity index (χ4n) is 1.69. The highest BCUT2D eigenvalue weighted by atomic mass is 16.4. The van der Waals surface area contributed by atoms with Crippen LogP contribution in [0.4, 0.5) is 4.79 Å². The van der Waals surface area contributed by atoms with Crippen LogP contribution in [0.2, 0.25) is 0 Å². The van der Waals surface area contributed by atoms with Gasteiger partial charge in [-0.1, -0.05) is 0 Å². The van der Waals surface area contributed by atoms with Crippen LogP contribution in [-0.4, -0.2) is 40.3 Å². The molecule has 1 rings (SSSR count). The minimum atomic E-state index is -1.07. The van der Waals surface area contributed by atoms with Crippen LogP contribution in [-0.2, 0) is 4.79 Å². The van der Waals surface area contributed by atoms with E-state index in [1.54, 1.807) is 6.92 Å². The lowest BCUT2D eigenvalue weighted by molar-refractivity contribution is -0.147. The zero-order valence-electron chi connectivity index (χ0n) is 8.49. The van der Waals surface area contributed by atoms with Crippen LogP contribution in [0.5, 0.6) is 0 Å². The van der Waals surface area contributed by atoms with Crippen LogP contribution in [0.15, 0.2) is 0 Å². The van der Waals surface area contributed by atoms with Crippen molar-refractivity contribution < 1.29 is 19.8 Å². The SMILES string of the molecule is CC#CCC1(C(=O)O)CCN(C(=O)O)C1. The average Bonchev–Trinajstić information content (AvgIpc) is 2.60. The van der Waals surface area contributed by atoms with Crippen LogP contribution >= 0.6 is 0 Å². The summed E-state index contributed by atoms with van der Waals surface area (Å²) >= 11 is 0. The van der Waals surface area contributed by atoms with Gasteiger partial charge in [-0.2, -0.15) is 0 Å². The predicted molar refractivity (Wildman–Crippen MR) is 52.4 cm³/mol. The van der Waals surface area contributed by atoms with Gasteiger partial charge in [-0.15, -0.1) is 11.8 Å². The molecule has 1 atom stereocenters. The van der Waals surface area contributed by atoms with Crippen molar-refractivity contribution in [1.29, 1.82) is 0 Å². The molecule has 0 radical (unpaired) electrons. The molecule has 5 nitrogen and oxygen atoms in total. The largest absolute Gasteiger partial charge is 0.481 e. The molecule has 1 unspecified atom stereocenters. The third-order valence-corrected chi connectivity index (χ3v) is 2.68. The summed E-state index contributed by atoms with van der Waals surface area (Å²) in [6.07, 6.45) is -0.520. The van der Waals surface area contributed by atoms with Crippen LogP contribution < -0.4 is 0 Å². The maximum atomic E-state index is 11.1. The molecule has 2 N–H and O–H groups in total. The molecule has 0 aromatic carbocycles. The molecule has 0 spiro atoms. The summed E-state index contributed by atoms with van der Waals surface area (Å²) in [6, 6.07) is 0. The molecule has 1 saturated heterocycles. The Morgan fingerprint density at radius 3 is 2.53 bits per heavy atom. The normalized spacial score (nSPS) is 24.5. The van der Waals surface area contributed by atoms with Gasteiger partial charge < -0.3 is 15.1 Å². The number of carbonyl (C=O) groups is 2. The first-order chi connectivity index (χ1) is 7.02. The fraction of sp³-hybridized carbons (Fsp3) is 0.600. The van der Waals surface area contributed by atoms with E-state index >= 15 is 0 Å². The van der Waals surface area contributed by atoms with Crippen molar-refractivity contribution in [3.63, 3.8) is 0 Å². The van der Waals surface area contributed by atoms with Gasteiger partial charge >= 0.3 is 12.1 Å². The summed E-state index contributed by atoms with van der Waals surface area (Å²) in [7, 11) is 0. The van der Waals surface area contributed by atoms with E-state index in [9.17, 15) is 9.59 Å². The molecule has 1 heterocycles. The number of nitrogens with zero attached hydrogens (tertiary/aromatic N) is 1. The number of likely N-dealkylation sites (tertiary alicyclic amines) is 1. The summed E-state index contributed by atoms with van der Waals surface area (Å²) in [5.41, 5.74) is -1.01. The quantitative estimate of drug-likeness (QED) is 0.664. The van der Waals surface area contributed by atoms with E-state index in [2.05, 4.69) is 11.8 Å². The molecule has 1 aliphatic heterocycles. The summed E-state index contributed by atoms with van der Waals surface area (Å²) in [5, 5.41) is 17.9. The highest BCUT2D eigenvalue weighted by molar-refractivity contribution is 5.77. The Balaban J connectivity index is 2.81. The molecular weight excluding hydrogens is 198 g/mol. The van der Waals surface area contributed by atoms with E-state index < -0.39 is 17.5 Å². The van der Waals surface area contributed by atoms with Gasteiger partial charge in [-0.05, 0) is 13.3 Å². The number of amides is 1. The van der Waals surface area contributed by atoms with Gasteiger partial charge in [0.25, 0.3) is 0 Å². The Morgan fingerprint density at radius 2 is 2.13 bits per heavy atom. The maximum Gasteiger partial charge on any atom is 0.407 e. The van der Waals surface area contributed by atoms with Crippen molar-refractivity contribution in [3.8, 4) is 11.8 Å². The Bertz CT molecular complexity index is 341. The first-order valence-electron chi connectivity index (χ1n) is 4.63. The minimum absolute atomic E-state index is 0.0341. The maximum absolute atomic E-state index is 11.1. The van der Waals surface area contributed by atoms with Gasteiger partial charge in [0.1, 0.15) is 0 Å². The van der Waals surface area contributed by atoms with Gasteiger partial charge in [0.15, 0.2) is 0 Å². The first-order valence-corrected chi connectivity index (χ1v) is 4.63. The molecule has 1 amide bonds. The van der Waals surface area contributed by atoms with Crippen LogP contribution in [0.25, 0.3) is 0 Å². The second kappa shape index (κ2) is 4.22. The molecule has 1 aliphatic rings. The fourth-order valence-corrected chi connectivity index (χ4v) is 1.69. The number of hydrogen-bond donors (Lipinski definition) is 2. The molecule has 0 aromatic rings. The predicted octanol–water partition coefficient (Wildman–Crippen LogP) is 0.855. The summed E-state index contributed by atoms with van der Waals surface area (Å²) in [4.78, 5) is 22.9. The number of hydrogen-bond acceptors (Lipinski definition) is 2. The van der Waals surface area contributed by atoms with Crippen molar-refractivity contribution in [2.24, 2.45) is 5.41 Å². The number of carboxylic acids is 1. The number of rotatable bonds is 2. The van der Waals surface area contributed by atoms with E-state index in [4.69, 9.17) is 10.2 Å². The number of carboxylic acid groups (broad SMARTS) is 2. The van der Waals surface area contributed by atoms with E-state index in [0.29, 0.717) is 6.42 Å². The standard InChI is InChI=1S/C10H13NO4/c1-2-3-4-10(8(12)13)5-6-11(7-10)9(14)15/h4-7H2,1H3,(H,12,13)(H,14,15). The van der Waals surface area contributed by atoms with Crippen LogP contribution in [0.3, 0.4) is 0 Å². The Morgan fingerprint density at radius 1 is 1.47 bits per heavy atom. The lowest BCUT2D eigenvalue weighted by Gasteiger charge is -2.21. The zero-order valence-corrected chi connectivity index (χ0v) is 8.49. The Kier molecular flexibility index (Phi) is 3.20. The van der Waals surface area contributed by atoms with Crippen molar-refractivity contribution in [2.45, 2.75) is 19.8 Å². The van der Waals surface area contributed by atoms with Crippen LogP contribution in [0, 0.1) is 17.3 Å². The average molecular weight is 211 g/mol. The molecule has 0 bridgehead atoms. The molecule has 1 fully saturated rings. The van der Waals surface area contributed by atoms with Gasteiger partial charge in [0, 0.05) is 19.5 Å². The smallest absolute Gasteiger partial charge is 0.407 e. The third kappa shape index (κ3) is 2.21. The van der Waals surface area contributed by atoms with Gasteiger partial charge in [0.05, 0.1) is 5.41 Å². The van der Waals surface area contributed by atoms with Crippen molar-refractivity contribution in [2.75, 3.05) is 13.1 Å². The van der Waals surface area contributed by atoms with E-state index in [1.807, 2.05) is 0 Å². The van der Waals surface area contributed by atoms with Crippen LogP contribution in [0.1, 0.15) is 19.8 Å². The molecule has 5 heteroatoms. The highest BCUT2D eigenvalue weighted by Gasteiger charge is 2.45. The molecule has 82 valence electrons. The van der Waals surface area contributed by atoms with E-state index in [-0.39, 0.29) is 19.5 Å². The Labute approximate surface area is 87.7 Å². The minimum Gasteiger partial charge on any atom is -0.481 e. The second-order valence-electron chi connectivity index (χ2n) is 3.64. The first kappa shape index (κ1) is 11.4. The monoisotopic (exact) mass is 211 g/mol. The molecule has 0 saturated carbocycles. The third-order valence-electron chi connectivity index (χ3n) is 2.68. The highest BCUT2D eigenvalue weighted by Crippen LogP contribution is 2.34. The Hall–Kier alpha value is -1.70. The van der Waals surface area contributed by atoms with Crippen molar-refractivity contribution in [3.05, 3.63) is 0 Å². The van der Waals surface area contributed by atoms with Gasteiger partial charge in [-0.25, -0.2) is 4.79 Å². The summed E-state index contributed by atoms with van der Waals surface area (Å²) < 4.78 is 0. The second-order valence-corrected chi connectivity index (χ2v) is 3.64. The van der Waals surface area contributed by atoms with Crippen molar-refractivity contribution in [1.82, 2.24) is 4.90 Å². The molecule has 0 aliphatic carbocycles. The number of aliphatic carboxylic acids is 1. The topological polar surface area (TPSA) is 77.8 Å². The zero-order chi connectivity index (χ0) is 11.5. The van der Waals surface area contributed by atoms with E-state index in [0.717, 1.165) is 4.90 Å². The van der Waals surface area contributed by atoms with Crippen molar-refractivity contribution >= 4 is 12.1 Å². The lowest BCUT2D eigenvalue weighted by atomic mass is 9.84. The summed E-state index contributed by atoms with van der Waals surface area (Å²) in [5.74, 6) is 4.40. The molecule has 15 heavy (non-hydrogen) atoms. The van der Waals surface area contributed by atoms with Gasteiger partial charge in [-0.3, -0.25) is 4.79 Å². The van der Waals surface area contributed by atoms with Gasteiger partial charge in [0.2, 0.25) is 0 Å². The molecule has 0 aromatic heterocycles. The summed E-state index contributed by atoms with van der Waals surface area (Å²) in [6.45, 7) is 1.94. The molecular formula is C10H13NO4. The lowest BCUT2D eigenvalue weighted by Crippen LogP contribution is -2.36. The van der Waals surface area contributed by atoms with E-state index in [1.165, 1.54) is 0 Å².